The molecule has 1 saturated heterocycles. The molecule has 0 radical (unpaired) electrons. The number of benzene rings is 1. The first-order valence-electron chi connectivity index (χ1n) is 8.98. The number of pyridine rings is 1. The van der Waals surface area contributed by atoms with Crippen LogP contribution in [0.2, 0.25) is 0 Å². The Balaban J connectivity index is 1.53. The molecule has 0 bridgehead atoms. The highest BCUT2D eigenvalue weighted by Gasteiger charge is 2.35. The van der Waals surface area contributed by atoms with Crippen LogP contribution in [0.1, 0.15) is 23.2 Å². The van der Waals surface area contributed by atoms with Gasteiger partial charge in [-0.15, -0.1) is 0 Å². The quantitative estimate of drug-likeness (QED) is 0.818. The summed E-state index contributed by atoms with van der Waals surface area (Å²) in [5, 5.41) is 9.01. The van der Waals surface area contributed by atoms with Gasteiger partial charge in [0.2, 0.25) is 0 Å². The molecule has 1 N–H and O–H groups in total. The molecule has 0 aliphatic carbocycles. The largest absolute Gasteiger partial charge is 0.484 e. The molecule has 2 aromatic rings. The molecule has 1 aliphatic rings. The maximum absolute atomic E-state index is 13.1. The summed E-state index contributed by atoms with van der Waals surface area (Å²) in [7, 11) is 0. The van der Waals surface area contributed by atoms with Gasteiger partial charge in [0.25, 0.3) is 5.91 Å². The van der Waals surface area contributed by atoms with Crippen molar-refractivity contribution in [1.82, 2.24) is 9.88 Å². The average Bonchev–Trinajstić information content (AvgIpc) is 3.14. The van der Waals surface area contributed by atoms with Crippen molar-refractivity contribution in [2.45, 2.75) is 25.6 Å². The van der Waals surface area contributed by atoms with Crippen LogP contribution in [0.4, 0.5) is 13.2 Å². The molecule has 150 valence electrons. The van der Waals surface area contributed by atoms with Crippen LogP contribution >= 0.6 is 0 Å². The molecule has 8 heteroatoms. The Morgan fingerprint density at radius 2 is 2.00 bits per heavy atom. The third-order valence-corrected chi connectivity index (χ3v) is 4.78. The van der Waals surface area contributed by atoms with E-state index in [2.05, 4.69) is 4.98 Å². The number of nitrogens with zero attached hydrogens (tertiary/aromatic N) is 2. The lowest BCUT2D eigenvalue weighted by atomic mass is 9.99. The number of carbonyl (C=O) groups excluding carboxylic acids is 1. The molecule has 2 heterocycles. The van der Waals surface area contributed by atoms with Crippen molar-refractivity contribution in [3.63, 3.8) is 0 Å². The van der Waals surface area contributed by atoms with Gasteiger partial charge in [-0.3, -0.25) is 9.78 Å². The number of aliphatic hydroxyl groups is 1. The van der Waals surface area contributed by atoms with Crippen LogP contribution in [-0.2, 0) is 24.0 Å². The number of ether oxygens (including phenoxy) is 1. The zero-order valence-corrected chi connectivity index (χ0v) is 15.2. The lowest BCUT2D eigenvalue weighted by molar-refractivity contribution is -0.138. The summed E-state index contributed by atoms with van der Waals surface area (Å²) in [6.45, 7) is 0.674. The first kappa shape index (κ1) is 20.1. The molecule has 0 spiro atoms. The number of likely N-dealkylation sites (tertiary alicyclic amines) is 1. The Kier molecular flexibility index (Phi) is 6.18. The number of aromatic nitrogens is 1. The minimum Gasteiger partial charge on any atom is -0.484 e. The molecule has 1 aromatic heterocycles. The fraction of sp³-hybridized carbons (Fsp3) is 0.400. The van der Waals surface area contributed by atoms with E-state index in [0.717, 1.165) is 11.6 Å². The summed E-state index contributed by atoms with van der Waals surface area (Å²) >= 11 is 0. The minimum atomic E-state index is -4.43. The van der Waals surface area contributed by atoms with Crippen molar-refractivity contribution < 1.29 is 27.8 Å². The van der Waals surface area contributed by atoms with Crippen molar-refractivity contribution in [3.8, 4) is 5.75 Å². The highest BCUT2D eigenvalue weighted by atomic mass is 19.4. The van der Waals surface area contributed by atoms with Crippen molar-refractivity contribution in [1.29, 1.82) is 0 Å². The number of hydrogen-bond donors (Lipinski definition) is 1. The van der Waals surface area contributed by atoms with Gasteiger partial charge >= 0.3 is 6.18 Å². The van der Waals surface area contributed by atoms with Crippen molar-refractivity contribution >= 4 is 5.91 Å². The first-order chi connectivity index (χ1) is 13.4. The Morgan fingerprint density at radius 1 is 1.25 bits per heavy atom. The van der Waals surface area contributed by atoms with Crippen LogP contribution in [0.5, 0.6) is 5.75 Å². The molecule has 1 aromatic carbocycles. The molecule has 1 atom stereocenters. The highest BCUT2D eigenvalue weighted by molar-refractivity contribution is 5.78. The van der Waals surface area contributed by atoms with E-state index < -0.39 is 11.7 Å². The predicted molar refractivity (Wildman–Crippen MR) is 95.5 cm³/mol. The first-order valence-corrected chi connectivity index (χ1v) is 8.98. The van der Waals surface area contributed by atoms with Gasteiger partial charge in [0.1, 0.15) is 5.75 Å². The van der Waals surface area contributed by atoms with Crippen LogP contribution in [0, 0.1) is 5.92 Å². The van der Waals surface area contributed by atoms with Gasteiger partial charge in [0.05, 0.1) is 17.9 Å². The molecule has 1 fully saturated rings. The number of carbonyl (C=O) groups is 1. The van der Waals surface area contributed by atoms with Crippen LogP contribution in [0.3, 0.4) is 0 Å². The topological polar surface area (TPSA) is 62.7 Å². The number of amides is 1. The standard InChI is InChI=1S/C20H21F3N2O3/c21-20(22,23)17-2-1-8-24-18(17)10-15-7-9-25(11-15)19(27)13-28-16-5-3-14(12-26)4-6-16/h1-6,8,15,26H,7,9-13H2/t15-/m1/s1. The van der Waals surface area contributed by atoms with Gasteiger partial charge in [0.15, 0.2) is 6.61 Å². The van der Waals surface area contributed by atoms with Crippen LogP contribution in [0.15, 0.2) is 42.6 Å². The van der Waals surface area contributed by atoms with Crippen molar-refractivity contribution in [3.05, 3.63) is 59.4 Å². The molecule has 5 nitrogen and oxygen atoms in total. The van der Waals surface area contributed by atoms with Crippen LogP contribution in [0.25, 0.3) is 0 Å². The summed E-state index contributed by atoms with van der Waals surface area (Å²) in [6, 6.07) is 9.07. The second kappa shape index (κ2) is 8.60. The van der Waals surface area contributed by atoms with Crippen LogP contribution < -0.4 is 4.74 Å². The van der Waals surface area contributed by atoms with Gasteiger partial charge in [-0.25, -0.2) is 0 Å². The number of hydrogen-bond acceptors (Lipinski definition) is 4. The van der Waals surface area contributed by atoms with Crippen molar-refractivity contribution in [2.75, 3.05) is 19.7 Å². The maximum atomic E-state index is 13.1. The lowest BCUT2D eigenvalue weighted by Crippen LogP contribution is -2.33. The molecule has 1 amide bonds. The fourth-order valence-electron chi connectivity index (χ4n) is 3.29. The number of aliphatic hydroxyl groups excluding tert-OH is 1. The van der Waals surface area contributed by atoms with E-state index in [4.69, 9.17) is 9.84 Å². The van der Waals surface area contributed by atoms with Gasteiger partial charge in [0, 0.05) is 19.3 Å². The van der Waals surface area contributed by atoms with E-state index in [1.165, 1.54) is 12.3 Å². The van der Waals surface area contributed by atoms with Gasteiger partial charge in [-0.2, -0.15) is 13.2 Å². The molecule has 3 rings (SSSR count). The maximum Gasteiger partial charge on any atom is 0.418 e. The van der Waals surface area contributed by atoms with E-state index in [1.54, 1.807) is 29.2 Å². The molecular formula is C20H21F3N2O3. The van der Waals surface area contributed by atoms with Crippen molar-refractivity contribution in [2.24, 2.45) is 5.92 Å². The molecule has 1 aliphatic heterocycles. The van der Waals surface area contributed by atoms with Gasteiger partial charge in [-0.1, -0.05) is 12.1 Å². The van der Waals surface area contributed by atoms with Gasteiger partial charge < -0.3 is 14.7 Å². The normalized spacial score (nSPS) is 17.0. The van der Waals surface area contributed by atoms with Crippen LogP contribution in [-0.4, -0.2) is 40.6 Å². The molecule has 28 heavy (non-hydrogen) atoms. The summed E-state index contributed by atoms with van der Waals surface area (Å²) in [6.07, 6.45) is -2.26. The fourth-order valence-corrected chi connectivity index (χ4v) is 3.29. The second-order valence-electron chi connectivity index (χ2n) is 6.78. The lowest BCUT2D eigenvalue weighted by Gasteiger charge is -2.18. The number of alkyl halides is 3. The third kappa shape index (κ3) is 5.01. The van der Waals surface area contributed by atoms with E-state index in [0.29, 0.717) is 25.3 Å². The third-order valence-electron chi connectivity index (χ3n) is 4.78. The second-order valence-corrected chi connectivity index (χ2v) is 6.78. The number of halogens is 3. The molecular weight excluding hydrogens is 373 g/mol. The van der Waals surface area contributed by atoms with E-state index >= 15 is 0 Å². The number of rotatable bonds is 6. The summed E-state index contributed by atoms with van der Waals surface area (Å²) < 4.78 is 44.8. The average molecular weight is 394 g/mol. The molecule has 0 unspecified atom stereocenters. The monoisotopic (exact) mass is 394 g/mol. The summed E-state index contributed by atoms with van der Waals surface area (Å²) in [5.41, 5.74) is 0.0535. The molecule has 0 saturated carbocycles. The van der Waals surface area contributed by atoms with E-state index in [1.807, 2.05) is 0 Å². The summed E-state index contributed by atoms with van der Waals surface area (Å²) in [4.78, 5) is 17.8. The van der Waals surface area contributed by atoms with E-state index in [9.17, 15) is 18.0 Å². The SMILES string of the molecule is O=C(COc1ccc(CO)cc1)N1CC[C@H](Cc2ncccc2C(F)(F)F)C1. The Bertz CT molecular complexity index is 809. The minimum absolute atomic E-state index is 0.0227. The zero-order chi connectivity index (χ0) is 20.1. The zero-order valence-electron chi connectivity index (χ0n) is 15.2. The predicted octanol–water partition coefficient (Wildman–Crippen LogP) is 3.06. The highest BCUT2D eigenvalue weighted by Crippen LogP contribution is 2.33. The van der Waals surface area contributed by atoms with E-state index in [-0.39, 0.29) is 37.2 Å². The Hall–Kier alpha value is -2.61. The Morgan fingerprint density at radius 3 is 2.68 bits per heavy atom. The van der Waals surface area contributed by atoms with Gasteiger partial charge in [-0.05, 0) is 48.6 Å². The smallest absolute Gasteiger partial charge is 0.418 e. The Labute approximate surface area is 160 Å². The summed E-state index contributed by atoms with van der Waals surface area (Å²) in [5.74, 6) is 0.249.